The highest BCUT2D eigenvalue weighted by atomic mass is 28.5. The number of hydrogen-bond acceptors (Lipinski definition) is 4. The van der Waals surface area contributed by atoms with E-state index in [1.54, 1.807) is 0 Å². The van der Waals surface area contributed by atoms with Crippen molar-refractivity contribution in [2.24, 2.45) is 0 Å². The normalized spacial score (nSPS) is 37.7. The minimum Gasteiger partial charge on any atom is -0.418 e. The predicted molar refractivity (Wildman–Crippen MR) is 83.7 cm³/mol. The van der Waals surface area contributed by atoms with E-state index in [-0.39, 0.29) is 0 Å². The smallest absolute Gasteiger partial charge is 0.320 e. The van der Waals surface area contributed by atoms with Gasteiger partial charge < -0.3 is 16.5 Å². The standard InChI is InChI=1S/C10H28O4Si4/c1-9-10(2)18(8)12-15(3)11-16(4,5)13-17(6,7)14-18/h10,15H,9H2,1-8H3. The van der Waals surface area contributed by atoms with Gasteiger partial charge in [0.15, 0.2) is 0 Å². The Bertz CT molecular complexity index is 300. The van der Waals surface area contributed by atoms with E-state index in [2.05, 4.69) is 53.1 Å². The van der Waals surface area contributed by atoms with Crippen molar-refractivity contribution in [1.82, 2.24) is 0 Å². The summed E-state index contributed by atoms with van der Waals surface area (Å²) in [6, 6.07) is 0. The van der Waals surface area contributed by atoms with E-state index in [9.17, 15) is 0 Å². The highest BCUT2D eigenvalue weighted by Crippen LogP contribution is 2.34. The summed E-state index contributed by atoms with van der Waals surface area (Å²) in [5.74, 6) is 0. The van der Waals surface area contributed by atoms with Crippen molar-refractivity contribution in [3.05, 3.63) is 0 Å². The van der Waals surface area contributed by atoms with Crippen molar-refractivity contribution in [2.45, 2.75) is 65.1 Å². The Morgan fingerprint density at radius 3 is 2.00 bits per heavy atom. The van der Waals surface area contributed by atoms with E-state index in [1.807, 2.05) is 0 Å². The maximum absolute atomic E-state index is 6.45. The second-order valence-corrected chi connectivity index (χ2v) is 19.4. The van der Waals surface area contributed by atoms with Crippen LogP contribution in [0.1, 0.15) is 20.3 Å². The van der Waals surface area contributed by atoms with Crippen molar-refractivity contribution in [3.8, 4) is 0 Å². The van der Waals surface area contributed by atoms with Crippen molar-refractivity contribution in [1.29, 1.82) is 0 Å². The minimum atomic E-state index is -2.19. The molecule has 1 saturated heterocycles. The summed E-state index contributed by atoms with van der Waals surface area (Å²) < 4.78 is 25.1. The first-order chi connectivity index (χ1) is 8.00. The van der Waals surface area contributed by atoms with Crippen LogP contribution < -0.4 is 0 Å². The first-order valence-corrected chi connectivity index (χ1v) is 16.9. The van der Waals surface area contributed by atoms with Gasteiger partial charge in [-0.05, 0) is 44.8 Å². The lowest BCUT2D eigenvalue weighted by Crippen LogP contribution is -2.62. The molecule has 4 nitrogen and oxygen atoms in total. The Labute approximate surface area is 117 Å². The molecule has 1 aliphatic rings. The molecule has 108 valence electrons. The third kappa shape index (κ3) is 4.37. The monoisotopic (exact) mass is 324 g/mol. The van der Waals surface area contributed by atoms with E-state index < -0.39 is 35.0 Å². The van der Waals surface area contributed by atoms with E-state index in [0.29, 0.717) is 5.54 Å². The van der Waals surface area contributed by atoms with Gasteiger partial charge in [-0.25, -0.2) is 0 Å². The van der Waals surface area contributed by atoms with Gasteiger partial charge in [0.1, 0.15) is 0 Å². The SMILES string of the molecule is CCC(C)[Si]1(C)O[SiH](C)O[Si](C)(C)O[Si](C)(C)O1. The molecule has 0 amide bonds. The molecule has 1 rings (SSSR count). The molecule has 0 aromatic carbocycles. The van der Waals surface area contributed by atoms with Crippen molar-refractivity contribution in [2.75, 3.05) is 0 Å². The molecule has 0 bridgehead atoms. The van der Waals surface area contributed by atoms with Gasteiger partial charge in [-0.15, -0.1) is 0 Å². The van der Waals surface area contributed by atoms with Crippen LogP contribution in [0.2, 0.25) is 44.8 Å². The first-order valence-electron chi connectivity index (χ1n) is 6.75. The Morgan fingerprint density at radius 1 is 0.944 bits per heavy atom. The molecular weight excluding hydrogens is 296 g/mol. The van der Waals surface area contributed by atoms with Gasteiger partial charge in [0, 0.05) is 0 Å². The summed E-state index contributed by atoms with van der Waals surface area (Å²) in [6.45, 7) is 17.1. The zero-order valence-electron chi connectivity index (χ0n) is 13.0. The molecule has 0 spiro atoms. The lowest BCUT2D eigenvalue weighted by Gasteiger charge is -2.46. The zero-order chi connectivity index (χ0) is 14.2. The lowest BCUT2D eigenvalue weighted by molar-refractivity contribution is 0.240. The van der Waals surface area contributed by atoms with Crippen LogP contribution >= 0.6 is 0 Å². The molecule has 0 aliphatic carbocycles. The van der Waals surface area contributed by atoms with Crippen molar-refractivity contribution in [3.63, 3.8) is 0 Å². The summed E-state index contributed by atoms with van der Waals surface area (Å²) in [5.41, 5.74) is 0.467. The largest absolute Gasteiger partial charge is 0.418 e. The predicted octanol–water partition coefficient (Wildman–Crippen LogP) is 3.19. The average Bonchev–Trinajstić information content (AvgIpc) is 2.09. The molecule has 0 aromatic rings. The van der Waals surface area contributed by atoms with Gasteiger partial charge in [-0.2, -0.15) is 0 Å². The highest BCUT2D eigenvalue weighted by Gasteiger charge is 2.50. The van der Waals surface area contributed by atoms with Gasteiger partial charge in [0.05, 0.1) is 0 Å². The molecule has 0 radical (unpaired) electrons. The van der Waals surface area contributed by atoms with Gasteiger partial charge in [-0.1, -0.05) is 20.3 Å². The maximum atomic E-state index is 6.45. The van der Waals surface area contributed by atoms with Crippen LogP contribution in [0, 0.1) is 0 Å². The summed E-state index contributed by atoms with van der Waals surface area (Å²) in [6.07, 6.45) is 1.08. The highest BCUT2D eigenvalue weighted by molar-refractivity contribution is 6.90. The molecule has 1 fully saturated rings. The van der Waals surface area contributed by atoms with E-state index in [4.69, 9.17) is 16.5 Å². The van der Waals surface area contributed by atoms with Crippen LogP contribution in [0.25, 0.3) is 0 Å². The van der Waals surface area contributed by atoms with E-state index in [1.165, 1.54) is 0 Å². The second kappa shape index (κ2) is 5.60. The fourth-order valence-electron chi connectivity index (χ4n) is 2.49. The average molecular weight is 325 g/mol. The molecule has 0 aromatic heterocycles. The molecular formula is C10H28O4Si4. The van der Waals surface area contributed by atoms with E-state index >= 15 is 0 Å². The summed E-state index contributed by atoms with van der Waals surface area (Å²) in [7, 11) is -8.08. The third-order valence-electron chi connectivity index (χ3n) is 3.30. The zero-order valence-corrected chi connectivity index (χ0v) is 17.1. The van der Waals surface area contributed by atoms with Crippen molar-refractivity contribution < 1.29 is 16.5 Å². The number of rotatable bonds is 2. The molecule has 8 heteroatoms. The Kier molecular flexibility index (Phi) is 5.22. The second-order valence-electron chi connectivity index (χ2n) is 6.13. The molecule has 1 heterocycles. The lowest BCUT2D eigenvalue weighted by atomic mass is 10.4. The Hall–Kier alpha value is 0.708. The molecule has 18 heavy (non-hydrogen) atoms. The summed E-state index contributed by atoms with van der Waals surface area (Å²) in [5, 5.41) is 0. The van der Waals surface area contributed by atoms with Crippen LogP contribution in [0.3, 0.4) is 0 Å². The molecule has 3 atom stereocenters. The van der Waals surface area contributed by atoms with Gasteiger partial charge in [-0.3, -0.25) is 0 Å². The Balaban J connectivity index is 2.98. The van der Waals surface area contributed by atoms with Crippen LogP contribution in [-0.2, 0) is 16.5 Å². The minimum absolute atomic E-state index is 0.467. The number of hydrogen-bond donors (Lipinski definition) is 0. The fraction of sp³-hybridized carbons (Fsp3) is 1.00. The molecule has 1 aliphatic heterocycles. The maximum Gasteiger partial charge on any atom is 0.320 e. The quantitative estimate of drug-likeness (QED) is 0.731. The first kappa shape index (κ1) is 16.8. The van der Waals surface area contributed by atoms with Gasteiger partial charge >= 0.3 is 35.0 Å². The Morgan fingerprint density at radius 2 is 1.50 bits per heavy atom. The summed E-state index contributed by atoms with van der Waals surface area (Å²) in [4.78, 5) is 0. The molecule has 0 saturated carbocycles. The van der Waals surface area contributed by atoms with Crippen LogP contribution in [0.15, 0.2) is 0 Å². The third-order valence-corrected chi connectivity index (χ3v) is 19.8. The molecule has 0 N–H and O–H groups in total. The van der Waals surface area contributed by atoms with E-state index in [0.717, 1.165) is 6.42 Å². The van der Waals surface area contributed by atoms with Gasteiger partial charge in [0.25, 0.3) is 0 Å². The molecule has 3 unspecified atom stereocenters. The van der Waals surface area contributed by atoms with Gasteiger partial charge in [0.2, 0.25) is 0 Å². The van der Waals surface area contributed by atoms with Crippen LogP contribution in [-0.4, -0.2) is 35.0 Å². The summed E-state index contributed by atoms with van der Waals surface area (Å²) >= 11 is 0. The van der Waals surface area contributed by atoms with Crippen LogP contribution in [0.4, 0.5) is 0 Å². The topological polar surface area (TPSA) is 36.9 Å². The van der Waals surface area contributed by atoms with Crippen molar-refractivity contribution >= 4 is 35.0 Å². The fourth-order valence-corrected chi connectivity index (χ4v) is 21.9. The van der Waals surface area contributed by atoms with Crippen LogP contribution in [0.5, 0.6) is 0 Å².